The van der Waals surface area contributed by atoms with Gasteiger partial charge in [-0.1, -0.05) is 13.0 Å². The van der Waals surface area contributed by atoms with Crippen molar-refractivity contribution in [3.63, 3.8) is 0 Å². The van der Waals surface area contributed by atoms with Crippen LogP contribution in [0, 0.1) is 0 Å². The zero-order valence-corrected chi connectivity index (χ0v) is 11.0. The van der Waals surface area contributed by atoms with Gasteiger partial charge in [0.05, 0.1) is 6.04 Å². The van der Waals surface area contributed by atoms with Gasteiger partial charge < -0.3 is 5.73 Å². The van der Waals surface area contributed by atoms with E-state index >= 15 is 0 Å². The van der Waals surface area contributed by atoms with Crippen LogP contribution in [0.3, 0.4) is 0 Å². The summed E-state index contributed by atoms with van der Waals surface area (Å²) in [6.45, 7) is 7.44. The molecule has 1 aromatic rings. The highest BCUT2D eigenvalue weighted by Gasteiger charge is 2.28. The lowest BCUT2D eigenvalue weighted by Gasteiger charge is -2.40. The van der Waals surface area contributed by atoms with Gasteiger partial charge >= 0.3 is 0 Å². The molecule has 0 aliphatic heterocycles. The van der Waals surface area contributed by atoms with E-state index in [0.717, 1.165) is 6.42 Å². The number of rotatable bonds is 5. The molecule has 0 fully saturated rings. The molecule has 86 valence electrons. The molecule has 0 saturated carbocycles. The van der Waals surface area contributed by atoms with Crippen molar-refractivity contribution in [1.29, 1.82) is 0 Å². The second-order valence-electron chi connectivity index (χ2n) is 4.54. The maximum Gasteiger partial charge on any atom is 0.0566 e. The fourth-order valence-corrected chi connectivity index (χ4v) is 2.50. The van der Waals surface area contributed by atoms with Crippen LogP contribution in [0.25, 0.3) is 0 Å². The summed E-state index contributed by atoms with van der Waals surface area (Å²) >= 11 is 1.79. The molecule has 0 amide bonds. The van der Waals surface area contributed by atoms with E-state index < -0.39 is 0 Å². The summed E-state index contributed by atoms with van der Waals surface area (Å²) in [4.78, 5) is 3.75. The van der Waals surface area contributed by atoms with Crippen LogP contribution in [0.1, 0.15) is 38.1 Å². The minimum Gasteiger partial charge on any atom is -0.329 e. The van der Waals surface area contributed by atoms with E-state index in [1.165, 1.54) is 4.88 Å². The first-order valence-electron chi connectivity index (χ1n) is 5.49. The Kier molecular flexibility index (Phi) is 4.32. The number of nitrogens with two attached hydrogens (primary N) is 1. The van der Waals surface area contributed by atoms with Crippen molar-refractivity contribution >= 4 is 11.3 Å². The summed E-state index contributed by atoms with van der Waals surface area (Å²) in [5.41, 5.74) is 6.08. The van der Waals surface area contributed by atoms with Crippen LogP contribution in [-0.4, -0.2) is 24.0 Å². The first kappa shape index (κ1) is 12.7. The number of thiophene rings is 1. The zero-order chi connectivity index (χ0) is 11.5. The smallest absolute Gasteiger partial charge is 0.0566 e. The highest BCUT2D eigenvalue weighted by Crippen LogP contribution is 2.30. The van der Waals surface area contributed by atoms with Gasteiger partial charge in [0.2, 0.25) is 0 Å². The zero-order valence-electron chi connectivity index (χ0n) is 10.2. The SMILES string of the molecule is CCC(C)(C)N(C)C(CN)c1cccs1. The third-order valence-corrected chi connectivity index (χ3v) is 4.36. The lowest BCUT2D eigenvalue weighted by Crippen LogP contribution is -2.44. The van der Waals surface area contributed by atoms with Crippen LogP contribution >= 0.6 is 11.3 Å². The maximum absolute atomic E-state index is 5.88. The van der Waals surface area contributed by atoms with Crippen LogP contribution in [0.2, 0.25) is 0 Å². The Labute approximate surface area is 97.1 Å². The molecule has 0 radical (unpaired) electrons. The fraction of sp³-hybridized carbons (Fsp3) is 0.667. The molecule has 0 aromatic carbocycles. The molecule has 0 saturated heterocycles. The Morgan fingerprint density at radius 3 is 2.60 bits per heavy atom. The van der Waals surface area contributed by atoms with Crippen LogP contribution in [0.5, 0.6) is 0 Å². The van der Waals surface area contributed by atoms with Crippen molar-refractivity contribution in [2.75, 3.05) is 13.6 Å². The third kappa shape index (κ3) is 2.80. The summed E-state index contributed by atoms with van der Waals surface area (Å²) in [7, 11) is 2.17. The third-order valence-electron chi connectivity index (χ3n) is 3.38. The summed E-state index contributed by atoms with van der Waals surface area (Å²) in [5.74, 6) is 0. The van der Waals surface area contributed by atoms with Crippen molar-refractivity contribution < 1.29 is 0 Å². The van der Waals surface area contributed by atoms with Crippen molar-refractivity contribution in [2.24, 2.45) is 5.73 Å². The predicted molar refractivity (Wildman–Crippen MR) is 68.2 cm³/mol. The van der Waals surface area contributed by atoms with Crippen molar-refractivity contribution in [2.45, 2.75) is 38.8 Å². The van der Waals surface area contributed by atoms with E-state index in [1.54, 1.807) is 11.3 Å². The number of nitrogens with zero attached hydrogens (tertiary/aromatic N) is 1. The molecular weight excluding hydrogens is 204 g/mol. The molecular formula is C12H22N2S. The Hall–Kier alpha value is -0.380. The quantitative estimate of drug-likeness (QED) is 0.836. The van der Waals surface area contributed by atoms with Gasteiger partial charge in [-0.05, 0) is 38.8 Å². The minimum absolute atomic E-state index is 0.202. The number of hydrogen-bond donors (Lipinski definition) is 1. The summed E-state index contributed by atoms with van der Waals surface area (Å²) < 4.78 is 0. The normalized spacial score (nSPS) is 14.5. The first-order chi connectivity index (χ1) is 7.03. The fourth-order valence-electron chi connectivity index (χ4n) is 1.62. The molecule has 2 N–H and O–H groups in total. The monoisotopic (exact) mass is 226 g/mol. The van der Waals surface area contributed by atoms with Crippen molar-refractivity contribution in [3.05, 3.63) is 22.4 Å². The largest absolute Gasteiger partial charge is 0.329 e. The lowest BCUT2D eigenvalue weighted by atomic mass is 9.97. The van der Waals surface area contributed by atoms with Gasteiger partial charge in [0.25, 0.3) is 0 Å². The van der Waals surface area contributed by atoms with Crippen LogP contribution in [-0.2, 0) is 0 Å². The molecule has 0 bridgehead atoms. The molecule has 1 aromatic heterocycles. The average molecular weight is 226 g/mol. The predicted octanol–water partition coefficient (Wildman–Crippen LogP) is 2.87. The molecule has 0 aliphatic rings. The Morgan fingerprint density at radius 1 is 1.53 bits per heavy atom. The van der Waals surface area contributed by atoms with E-state index in [-0.39, 0.29) is 5.54 Å². The van der Waals surface area contributed by atoms with Gasteiger partial charge in [-0.25, -0.2) is 0 Å². The van der Waals surface area contributed by atoms with E-state index in [9.17, 15) is 0 Å². The Balaban J connectivity index is 2.84. The van der Waals surface area contributed by atoms with E-state index in [4.69, 9.17) is 5.73 Å². The molecule has 2 nitrogen and oxygen atoms in total. The summed E-state index contributed by atoms with van der Waals surface area (Å²) in [5, 5.41) is 2.12. The molecule has 1 heterocycles. The first-order valence-corrected chi connectivity index (χ1v) is 6.37. The van der Waals surface area contributed by atoms with Crippen molar-refractivity contribution in [3.8, 4) is 0 Å². The molecule has 3 heteroatoms. The Morgan fingerprint density at radius 2 is 2.20 bits per heavy atom. The van der Waals surface area contributed by atoms with Gasteiger partial charge in [-0.15, -0.1) is 11.3 Å². The summed E-state index contributed by atoms with van der Waals surface area (Å²) in [6.07, 6.45) is 1.13. The van der Waals surface area contributed by atoms with Gasteiger partial charge in [0, 0.05) is 17.0 Å². The number of hydrogen-bond acceptors (Lipinski definition) is 3. The highest BCUT2D eigenvalue weighted by molar-refractivity contribution is 7.10. The topological polar surface area (TPSA) is 29.3 Å². The standard InChI is InChI=1S/C12H22N2S/c1-5-12(2,3)14(4)10(9-13)11-7-6-8-15-11/h6-8,10H,5,9,13H2,1-4H3. The van der Waals surface area contributed by atoms with Gasteiger partial charge in [0.1, 0.15) is 0 Å². The summed E-state index contributed by atoms with van der Waals surface area (Å²) in [6, 6.07) is 4.61. The maximum atomic E-state index is 5.88. The second kappa shape index (κ2) is 5.10. The van der Waals surface area contributed by atoms with Gasteiger partial charge in [-0.3, -0.25) is 4.90 Å². The van der Waals surface area contributed by atoms with Crippen LogP contribution < -0.4 is 5.73 Å². The van der Waals surface area contributed by atoms with Crippen molar-refractivity contribution in [1.82, 2.24) is 4.90 Å². The molecule has 0 aliphatic carbocycles. The number of likely N-dealkylation sites (N-methyl/N-ethyl adjacent to an activating group) is 1. The molecule has 15 heavy (non-hydrogen) atoms. The van der Waals surface area contributed by atoms with E-state index in [1.807, 2.05) is 0 Å². The lowest BCUT2D eigenvalue weighted by molar-refractivity contribution is 0.102. The van der Waals surface area contributed by atoms with Gasteiger partial charge in [-0.2, -0.15) is 0 Å². The molecule has 1 unspecified atom stereocenters. The van der Waals surface area contributed by atoms with Gasteiger partial charge in [0.15, 0.2) is 0 Å². The molecule has 1 rings (SSSR count). The van der Waals surface area contributed by atoms with Crippen LogP contribution in [0.4, 0.5) is 0 Å². The molecule has 0 spiro atoms. The van der Waals surface area contributed by atoms with E-state index in [2.05, 4.69) is 50.2 Å². The van der Waals surface area contributed by atoms with Crippen LogP contribution in [0.15, 0.2) is 17.5 Å². The second-order valence-corrected chi connectivity index (χ2v) is 5.52. The Bertz CT molecular complexity index is 280. The highest BCUT2D eigenvalue weighted by atomic mass is 32.1. The average Bonchev–Trinajstić information content (AvgIpc) is 2.72. The minimum atomic E-state index is 0.202. The molecule has 1 atom stereocenters. The van der Waals surface area contributed by atoms with E-state index in [0.29, 0.717) is 12.6 Å².